The van der Waals surface area contributed by atoms with Crippen molar-refractivity contribution in [2.45, 2.75) is 0 Å². The van der Waals surface area contributed by atoms with Gasteiger partial charge < -0.3 is 14.9 Å². The third kappa shape index (κ3) is 4.99. The van der Waals surface area contributed by atoms with Crippen LogP contribution in [-0.2, 0) is 4.79 Å². The van der Waals surface area contributed by atoms with Crippen LogP contribution >= 0.6 is 11.3 Å². The Morgan fingerprint density at radius 2 is 1.89 bits per heavy atom. The number of carbonyl (C=O) groups is 1. The summed E-state index contributed by atoms with van der Waals surface area (Å²) >= 11 is 1.34. The molecule has 0 saturated heterocycles. The molecule has 0 unspecified atom stereocenters. The van der Waals surface area contributed by atoms with Crippen LogP contribution < -0.4 is 10.1 Å². The Labute approximate surface area is 166 Å². The van der Waals surface area contributed by atoms with E-state index in [0.717, 1.165) is 17.0 Å². The highest BCUT2D eigenvalue weighted by atomic mass is 32.1. The standard InChI is InChI=1S/C21H18N2O4S/c1-27-16-9-7-15(8-10-16)17-13-28-21(22-17)23-20(26)5-3-2-4-14-6-11-18(24)19(25)12-14/h2-13,24-25H,1H3,(H,22,23,26)/b4-2+,5-3+. The highest BCUT2D eigenvalue weighted by Crippen LogP contribution is 2.27. The molecule has 142 valence electrons. The lowest BCUT2D eigenvalue weighted by Crippen LogP contribution is -2.07. The lowest BCUT2D eigenvalue weighted by Gasteiger charge is -2.00. The molecular weight excluding hydrogens is 376 g/mol. The Kier molecular flexibility index (Phi) is 6.08. The topological polar surface area (TPSA) is 91.7 Å². The van der Waals surface area contributed by atoms with E-state index >= 15 is 0 Å². The third-order valence-corrected chi connectivity index (χ3v) is 4.52. The van der Waals surface area contributed by atoms with Crippen LogP contribution in [0.25, 0.3) is 17.3 Å². The lowest BCUT2D eigenvalue weighted by molar-refractivity contribution is -0.111. The fourth-order valence-corrected chi connectivity index (χ4v) is 3.05. The van der Waals surface area contributed by atoms with Gasteiger partial charge in [0.1, 0.15) is 5.75 Å². The van der Waals surface area contributed by atoms with Crippen LogP contribution in [0, 0.1) is 0 Å². The summed E-state index contributed by atoms with van der Waals surface area (Å²) in [5.41, 5.74) is 2.41. The van der Waals surface area contributed by atoms with Gasteiger partial charge in [0.05, 0.1) is 12.8 Å². The monoisotopic (exact) mass is 394 g/mol. The molecule has 0 radical (unpaired) electrons. The lowest BCUT2D eigenvalue weighted by atomic mass is 10.2. The molecule has 28 heavy (non-hydrogen) atoms. The Bertz CT molecular complexity index is 1020. The van der Waals surface area contributed by atoms with Crippen LogP contribution in [0.3, 0.4) is 0 Å². The number of amides is 1. The number of hydrogen-bond acceptors (Lipinski definition) is 6. The number of phenols is 2. The number of anilines is 1. The molecule has 0 spiro atoms. The van der Waals surface area contributed by atoms with Crippen LogP contribution in [0.4, 0.5) is 5.13 Å². The van der Waals surface area contributed by atoms with E-state index in [9.17, 15) is 15.0 Å². The van der Waals surface area contributed by atoms with Gasteiger partial charge in [0, 0.05) is 17.0 Å². The Morgan fingerprint density at radius 1 is 1.11 bits per heavy atom. The maximum absolute atomic E-state index is 12.0. The van der Waals surface area contributed by atoms with Gasteiger partial charge in [-0.25, -0.2) is 4.98 Å². The van der Waals surface area contributed by atoms with Crippen molar-refractivity contribution in [3.05, 3.63) is 71.6 Å². The summed E-state index contributed by atoms with van der Waals surface area (Å²) in [6.45, 7) is 0. The predicted molar refractivity (Wildman–Crippen MR) is 111 cm³/mol. The predicted octanol–water partition coefficient (Wildman–Crippen LogP) is 4.44. The molecule has 3 aromatic rings. The molecule has 3 N–H and O–H groups in total. The molecule has 0 aliphatic heterocycles. The van der Waals surface area contributed by atoms with Crippen molar-refractivity contribution >= 4 is 28.5 Å². The molecule has 0 aliphatic rings. The Balaban J connectivity index is 1.57. The summed E-state index contributed by atoms with van der Waals surface area (Å²) < 4.78 is 5.14. The molecule has 2 aromatic carbocycles. The minimum absolute atomic E-state index is 0.176. The van der Waals surface area contributed by atoms with Gasteiger partial charge in [0.2, 0.25) is 5.91 Å². The normalized spacial score (nSPS) is 11.2. The second-order valence-electron chi connectivity index (χ2n) is 5.72. The highest BCUT2D eigenvalue weighted by Gasteiger charge is 2.06. The summed E-state index contributed by atoms with van der Waals surface area (Å²) in [6.07, 6.45) is 6.33. The number of nitrogens with one attached hydrogen (secondary N) is 1. The van der Waals surface area contributed by atoms with Crippen LogP contribution in [0.15, 0.2) is 66.1 Å². The number of allylic oxidation sites excluding steroid dienone is 2. The largest absolute Gasteiger partial charge is 0.504 e. The first-order valence-corrected chi connectivity index (χ1v) is 9.21. The van der Waals surface area contributed by atoms with Crippen molar-refractivity contribution in [3.8, 4) is 28.5 Å². The number of carbonyl (C=O) groups excluding carboxylic acids is 1. The van der Waals surface area contributed by atoms with Crippen molar-refractivity contribution in [2.24, 2.45) is 0 Å². The molecule has 7 heteroatoms. The number of hydrogen-bond donors (Lipinski definition) is 3. The zero-order chi connectivity index (χ0) is 19.9. The minimum Gasteiger partial charge on any atom is -0.504 e. The van der Waals surface area contributed by atoms with E-state index < -0.39 is 0 Å². The highest BCUT2D eigenvalue weighted by molar-refractivity contribution is 7.14. The number of aromatic hydroxyl groups is 2. The van der Waals surface area contributed by atoms with Crippen LogP contribution in [-0.4, -0.2) is 28.2 Å². The van der Waals surface area contributed by atoms with Gasteiger partial charge in [-0.15, -0.1) is 11.3 Å². The molecular formula is C21H18N2O4S. The number of nitrogens with zero attached hydrogens (tertiary/aromatic N) is 1. The van der Waals surface area contributed by atoms with Crippen molar-refractivity contribution in [1.29, 1.82) is 0 Å². The molecule has 6 nitrogen and oxygen atoms in total. The Morgan fingerprint density at radius 3 is 2.61 bits per heavy atom. The SMILES string of the molecule is COc1ccc(-c2csc(NC(=O)/C=C/C=C/c3ccc(O)c(O)c3)n2)cc1. The number of aromatic nitrogens is 1. The number of ether oxygens (including phenoxy) is 1. The van der Waals surface area contributed by atoms with Crippen molar-refractivity contribution < 1.29 is 19.7 Å². The van der Waals surface area contributed by atoms with Gasteiger partial charge >= 0.3 is 0 Å². The van der Waals surface area contributed by atoms with Gasteiger partial charge in [0.25, 0.3) is 0 Å². The van der Waals surface area contributed by atoms with Crippen LogP contribution in [0.1, 0.15) is 5.56 Å². The summed E-state index contributed by atoms with van der Waals surface area (Å²) in [6, 6.07) is 12.0. The summed E-state index contributed by atoms with van der Waals surface area (Å²) in [7, 11) is 1.61. The number of methoxy groups -OCH3 is 1. The third-order valence-electron chi connectivity index (χ3n) is 3.77. The fraction of sp³-hybridized carbons (Fsp3) is 0.0476. The fourth-order valence-electron chi connectivity index (χ4n) is 2.33. The van der Waals surface area contributed by atoms with Gasteiger partial charge in [-0.1, -0.05) is 24.3 Å². The molecule has 3 rings (SSSR count). The van der Waals surface area contributed by atoms with E-state index in [-0.39, 0.29) is 17.4 Å². The second-order valence-corrected chi connectivity index (χ2v) is 6.58. The number of thiazole rings is 1. The summed E-state index contributed by atoms with van der Waals surface area (Å²) in [5, 5.41) is 23.8. The van der Waals surface area contributed by atoms with Gasteiger partial charge in [-0.2, -0.15) is 0 Å². The quantitative estimate of drug-likeness (QED) is 0.327. The molecule has 0 bridgehead atoms. The zero-order valence-electron chi connectivity index (χ0n) is 15.0. The minimum atomic E-state index is -0.297. The van der Waals surface area contributed by atoms with Gasteiger partial charge in [0.15, 0.2) is 16.6 Å². The van der Waals surface area contributed by atoms with E-state index in [1.165, 1.54) is 29.5 Å². The smallest absolute Gasteiger partial charge is 0.250 e. The summed E-state index contributed by atoms with van der Waals surface area (Å²) in [4.78, 5) is 16.4. The maximum Gasteiger partial charge on any atom is 0.250 e. The van der Waals surface area contributed by atoms with Crippen molar-refractivity contribution in [2.75, 3.05) is 12.4 Å². The van der Waals surface area contributed by atoms with Crippen LogP contribution in [0.2, 0.25) is 0 Å². The molecule has 0 aliphatic carbocycles. The van der Waals surface area contributed by atoms with E-state index in [0.29, 0.717) is 10.7 Å². The molecule has 1 aromatic heterocycles. The number of rotatable bonds is 6. The maximum atomic E-state index is 12.0. The number of phenolic OH excluding ortho intramolecular Hbond substituents is 2. The first-order valence-electron chi connectivity index (χ1n) is 8.33. The first-order chi connectivity index (χ1) is 13.5. The molecule has 0 saturated carbocycles. The second kappa shape index (κ2) is 8.88. The van der Waals surface area contributed by atoms with Gasteiger partial charge in [-0.05, 0) is 42.0 Å². The van der Waals surface area contributed by atoms with E-state index in [4.69, 9.17) is 4.74 Å². The van der Waals surface area contributed by atoms with Gasteiger partial charge in [-0.3, -0.25) is 10.1 Å². The average molecular weight is 394 g/mol. The number of benzene rings is 2. The molecule has 1 amide bonds. The summed E-state index contributed by atoms with van der Waals surface area (Å²) in [5.74, 6) is 0.104. The molecule has 0 fully saturated rings. The van der Waals surface area contributed by atoms with E-state index in [1.807, 2.05) is 29.6 Å². The zero-order valence-corrected chi connectivity index (χ0v) is 15.8. The Hall–Kier alpha value is -3.58. The molecule has 0 atom stereocenters. The van der Waals surface area contributed by atoms with Crippen LogP contribution in [0.5, 0.6) is 17.2 Å². The van der Waals surface area contributed by atoms with E-state index in [2.05, 4.69) is 10.3 Å². The average Bonchev–Trinajstić information content (AvgIpc) is 3.16. The van der Waals surface area contributed by atoms with Crippen molar-refractivity contribution in [1.82, 2.24) is 4.98 Å². The van der Waals surface area contributed by atoms with E-state index in [1.54, 1.807) is 31.4 Å². The van der Waals surface area contributed by atoms with Crippen molar-refractivity contribution in [3.63, 3.8) is 0 Å². The molecule has 1 heterocycles. The first kappa shape index (κ1) is 19.2.